The van der Waals surface area contributed by atoms with Gasteiger partial charge < -0.3 is 10.1 Å². The smallest absolute Gasteiger partial charge is 0.124 e. The molecule has 0 bridgehead atoms. The Bertz CT molecular complexity index is 668. The molecule has 1 saturated carbocycles. The van der Waals surface area contributed by atoms with Gasteiger partial charge in [0.05, 0.1) is 0 Å². The second-order valence-corrected chi connectivity index (χ2v) is 7.26. The second kappa shape index (κ2) is 8.75. The zero-order chi connectivity index (χ0) is 16.8. The molecule has 1 aliphatic rings. The summed E-state index contributed by atoms with van der Waals surface area (Å²) < 4.78 is 6.02. The van der Waals surface area contributed by atoms with Gasteiger partial charge in [0.15, 0.2) is 0 Å². The number of ether oxygens (including phenoxy) is 1. The minimum Gasteiger partial charge on any atom is -0.489 e. The Labute approximate surface area is 154 Å². The van der Waals surface area contributed by atoms with Crippen molar-refractivity contribution in [2.75, 3.05) is 0 Å². The maximum atomic E-state index is 6.18. The number of benzene rings is 2. The highest BCUT2D eigenvalue weighted by Gasteiger charge is 2.14. The van der Waals surface area contributed by atoms with E-state index in [4.69, 9.17) is 27.9 Å². The average Bonchev–Trinajstić information content (AvgIpc) is 2.60. The van der Waals surface area contributed by atoms with Crippen LogP contribution < -0.4 is 10.1 Å². The van der Waals surface area contributed by atoms with Crippen molar-refractivity contribution in [3.8, 4) is 5.75 Å². The van der Waals surface area contributed by atoms with E-state index in [0.717, 1.165) is 33.5 Å². The lowest BCUT2D eigenvalue weighted by Gasteiger charge is -2.23. The minimum absolute atomic E-state index is 0.499. The van der Waals surface area contributed by atoms with Gasteiger partial charge in [-0.15, -0.1) is 0 Å². The van der Waals surface area contributed by atoms with Gasteiger partial charge in [0.25, 0.3) is 0 Å². The summed E-state index contributed by atoms with van der Waals surface area (Å²) in [6, 6.07) is 14.2. The monoisotopic (exact) mass is 363 g/mol. The summed E-state index contributed by atoms with van der Waals surface area (Å²) in [5.74, 6) is 0.877. The average molecular weight is 364 g/mol. The molecule has 128 valence electrons. The van der Waals surface area contributed by atoms with Gasteiger partial charge in [0, 0.05) is 28.2 Å². The molecule has 0 aliphatic heterocycles. The van der Waals surface area contributed by atoms with Crippen LogP contribution in [-0.2, 0) is 13.2 Å². The standard InChI is InChI=1S/C20H23Cl2NO/c21-17-6-4-5-15(11-17)14-24-20-10-9-18(22)12-16(20)13-23-19-7-2-1-3-8-19/h4-6,9-12,19,23H,1-3,7-8,13-14H2. The summed E-state index contributed by atoms with van der Waals surface area (Å²) in [4.78, 5) is 0. The Morgan fingerprint density at radius 2 is 1.75 bits per heavy atom. The van der Waals surface area contributed by atoms with E-state index in [1.807, 2.05) is 42.5 Å². The van der Waals surface area contributed by atoms with Crippen molar-refractivity contribution in [1.29, 1.82) is 0 Å². The van der Waals surface area contributed by atoms with Crippen molar-refractivity contribution in [3.05, 3.63) is 63.6 Å². The van der Waals surface area contributed by atoms with Gasteiger partial charge in [-0.05, 0) is 48.7 Å². The summed E-state index contributed by atoms with van der Waals surface area (Å²) in [6.45, 7) is 1.29. The molecule has 2 aromatic carbocycles. The van der Waals surface area contributed by atoms with Gasteiger partial charge in [-0.3, -0.25) is 0 Å². The number of hydrogen-bond acceptors (Lipinski definition) is 2. The van der Waals surface area contributed by atoms with Gasteiger partial charge in [0.2, 0.25) is 0 Å². The number of hydrogen-bond donors (Lipinski definition) is 1. The Kier molecular flexibility index (Phi) is 6.42. The van der Waals surface area contributed by atoms with Gasteiger partial charge >= 0.3 is 0 Å². The predicted octanol–water partition coefficient (Wildman–Crippen LogP) is 5.99. The van der Waals surface area contributed by atoms with Crippen molar-refractivity contribution < 1.29 is 4.74 Å². The first-order chi connectivity index (χ1) is 11.7. The van der Waals surface area contributed by atoms with E-state index >= 15 is 0 Å². The van der Waals surface area contributed by atoms with Crippen LogP contribution in [0.3, 0.4) is 0 Å². The molecule has 0 radical (unpaired) electrons. The van der Waals surface area contributed by atoms with Crippen molar-refractivity contribution in [3.63, 3.8) is 0 Å². The molecule has 0 heterocycles. The second-order valence-electron chi connectivity index (χ2n) is 6.39. The highest BCUT2D eigenvalue weighted by molar-refractivity contribution is 6.30. The molecule has 0 saturated heterocycles. The summed E-state index contributed by atoms with van der Waals surface area (Å²) in [7, 11) is 0. The normalized spacial score (nSPS) is 15.4. The van der Waals surface area contributed by atoms with Crippen LogP contribution in [-0.4, -0.2) is 6.04 Å². The number of nitrogens with one attached hydrogen (secondary N) is 1. The van der Waals surface area contributed by atoms with Gasteiger partial charge in [-0.1, -0.05) is 54.6 Å². The lowest BCUT2D eigenvalue weighted by molar-refractivity contribution is 0.300. The van der Waals surface area contributed by atoms with Crippen LogP contribution in [0.2, 0.25) is 10.0 Å². The first-order valence-corrected chi connectivity index (χ1v) is 9.35. The molecule has 1 fully saturated rings. The molecule has 0 atom stereocenters. The van der Waals surface area contributed by atoms with Crippen molar-refractivity contribution in [1.82, 2.24) is 5.32 Å². The molecule has 3 rings (SSSR count). The minimum atomic E-state index is 0.499. The summed E-state index contributed by atoms with van der Waals surface area (Å²) in [6.07, 6.45) is 6.54. The molecule has 4 heteroatoms. The van der Waals surface area contributed by atoms with E-state index in [0.29, 0.717) is 12.6 Å². The maximum Gasteiger partial charge on any atom is 0.124 e. The van der Waals surface area contributed by atoms with E-state index in [1.54, 1.807) is 0 Å². The molecular weight excluding hydrogens is 341 g/mol. The molecule has 0 aromatic heterocycles. The quantitative estimate of drug-likeness (QED) is 0.679. The van der Waals surface area contributed by atoms with Gasteiger partial charge in [-0.25, -0.2) is 0 Å². The number of rotatable bonds is 6. The Balaban J connectivity index is 1.63. The van der Waals surface area contributed by atoms with Crippen molar-refractivity contribution in [2.24, 2.45) is 0 Å². The molecule has 0 unspecified atom stereocenters. The van der Waals surface area contributed by atoms with E-state index in [9.17, 15) is 0 Å². The fourth-order valence-corrected chi connectivity index (χ4v) is 3.58. The molecular formula is C20H23Cl2NO. The summed E-state index contributed by atoms with van der Waals surface area (Å²) in [5, 5.41) is 5.12. The molecule has 0 spiro atoms. The SMILES string of the molecule is Clc1cccc(COc2ccc(Cl)cc2CNC2CCCCC2)c1. The summed E-state index contributed by atoms with van der Waals surface area (Å²) >= 11 is 12.2. The Hall–Kier alpha value is -1.22. The van der Waals surface area contributed by atoms with E-state index in [1.165, 1.54) is 32.1 Å². The van der Waals surface area contributed by atoms with Crippen LogP contribution in [0, 0.1) is 0 Å². The van der Waals surface area contributed by atoms with Crippen molar-refractivity contribution >= 4 is 23.2 Å². The van der Waals surface area contributed by atoms with E-state index in [-0.39, 0.29) is 0 Å². The maximum absolute atomic E-state index is 6.18. The van der Waals surface area contributed by atoms with Crippen LogP contribution >= 0.6 is 23.2 Å². The fourth-order valence-electron chi connectivity index (χ4n) is 3.18. The Morgan fingerprint density at radius 3 is 2.54 bits per heavy atom. The summed E-state index contributed by atoms with van der Waals surface area (Å²) in [5.41, 5.74) is 2.17. The van der Waals surface area contributed by atoms with Crippen LogP contribution in [0.4, 0.5) is 0 Å². The van der Waals surface area contributed by atoms with E-state index < -0.39 is 0 Å². The first kappa shape index (κ1) is 17.6. The van der Waals surface area contributed by atoms with Crippen LogP contribution in [0.5, 0.6) is 5.75 Å². The number of halogens is 2. The Morgan fingerprint density at radius 1 is 0.958 bits per heavy atom. The van der Waals surface area contributed by atoms with Crippen LogP contribution in [0.15, 0.2) is 42.5 Å². The van der Waals surface area contributed by atoms with Gasteiger partial charge in [-0.2, -0.15) is 0 Å². The van der Waals surface area contributed by atoms with Crippen molar-refractivity contribution in [2.45, 2.75) is 51.3 Å². The topological polar surface area (TPSA) is 21.3 Å². The van der Waals surface area contributed by atoms with E-state index in [2.05, 4.69) is 5.32 Å². The van der Waals surface area contributed by atoms with Crippen LogP contribution in [0.1, 0.15) is 43.2 Å². The molecule has 2 nitrogen and oxygen atoms in total. The molecule has 0 amide bonds. The molecule has 24 heavy (non-hydrogen) atoms. The molecule has 1 aliphatic carbocycles. The van der Waals surface area contributed by atoms with Gasteiger partial charge in [0.1, 0.15) is 12.4 Å². The zero-order valence-corrected chi connectivity index (χ0v) is 15.2. The molecule has 1 N–H and O–H groups in total. The molecule has 2 aromatic rings. The lowest BCUT2D eigenvalue weighted by atomic mass is 9.95. The highest BCUT2D eigenvalue weighted by atomic mass is 35.5. The third-order valence-electron chi connectivity index (χ3n) is 4.49. The zero-order valence-electron chi connectivity index (χ0n) is 13.7. The third kappa shape index (κ3) is 5.14. The third-order valence-corrected chi connectivity index (χ3v) is 4.96. The predicted molar refractivity (Wildman–Crippen MR) is 101 cm³/mol. The largest absolute Gasteiger partial charge is 0.489 e. The lowest BCUT2D eigenvalue weighted by Crippen LogP contribution is -2.30. The first-order valence-electron chi connectivity index (χ1n) is 8.60. The highest BCUT2D eigenvalue weighted by Crippen LogP contribution is 2.25. The fraction of sp³-hybridized carbons (Fsp3) is 0.400. The van der Waals surface area contributed by atoms with Crippen LogP contribution in [0.25, 0.3) is 0 Å².